The molecule has 8 heteroatoms. The highest BCUT2D eigenvalue weighted by Crippen LogP contribution is 2.32. The number of hydrogen-bond donors (Lipinski definition) is 0. The van der Waals surface area contributed by atoms with Gasteiger partial charge in [0, 0.05) is 0 Å². The van der Waals surface area contributed by atoms with Crippen molar-refractivity contribution < 1.29 is 28.3 Å². The number of esters is 1. The largest absolute Gasteiger partial charge is 0.491 e. The maximum atomic E-state index is 12.8. The molecule has 1 aromatic heterocycles. The summed E-state index contributed by atoms with van der Waals surface area (Å²) in [5.41, 5.74) is 2.68. The van der Waals surface area contributed by atoms with Crippen molar-refractivity contribution >= 4 is 35.0 Å². The summed E-state index contributed by atoms with van der Waals surface area (Å²) in [6.07, 6.45) is 2.98. The van der Waals surface area contributed by atoms with Gasteiger partial charge in [-0.25, -0.2) is 4.79 Å². The smallest absolute Gasteiger partial charge is 0.379 e. The predicted molar refractivity (Wildman–Crippen MR) is 124 cm³/mol. The maximum absolute atomic E-state index is 12.8. The van der Waals surface area contributed by atoms with Crippen LogP contribution in [-0.4, -0.2) is 35.2 Å². The number of furan rings is 1. The molecule has 0 bridgehead atoms. The Morgan fingerprint density at radius 1 is 1.09 bits per heavy atom. The van der Waals surface area contributed by atoms with Crippen molar-refractivity contribution in [1.29, 1.82) is 0 Å². The molecule has 0 aliphatic carbocycles. The second kappa shape index (κ2) is 9.79. The maximum Gasteiger partial charge on any atom is 0.379 e. The van der Waals surface area contributed by atoms with Crippen LogP contribution < -0.4 is 9.47 Å². The molecule has 0 unspecified atom stereocenters. The fourth-order valence-corrected chi connectivity index (χ4v) is 4.04. The molecule has 0 atom stereocenters. The second-order valence-electron chi connectivity index (χ2n) is 7.39. The summed E-state index contributed by atoms with van der Waals surface area (Å²) in [5, 5.41) is -0.351. The number of aryl methyl sites for hydroxylation is 2. The molecular formula is C25H21NO6S. The Balaban J connectivity index is 1.40. The monoisotopic (exact) mass is 463 g/mol. The van der Waals surface area contributed by atoms with Gasteiger partial charge < -0.3 is 13.9 Å². The van der Waals surface area contributed by atoms with Crippen LogP contribution in [0.5, 0.6) is 11.5 Å². The van der Waals surface area contributed by atoms with Crippen LogP contribution in [0.4, 0.5) is 4.79 Å². The minimum absolute atomic E-state index is 0.0876. The zero-order valence-electron chi connectivity index (χ0n) is 18.1. The predicted octanol–water partition coefficient (Wildman–Crippen LogP) is 5.23. The summed E-state index contributed by atoms with van der Waals surface area (Å²) < 4.78 is 16.1. The Bertz CT molecular complexity index is 1230. The van der Waals surface area contributed by atoms with Crippen molar-refractivity contribution in [3.05, 3.63) is 88.2 Å². The quantitative estimate of drug-likeness (QED) is 0.269. The Labute approximate surface area is 195 Å². The first-order valence-electron chi connectivity index (χ1n) is 10.2. The van der Waals surface area contributed by atoms with Gasteiger partial charge in [0.25, 0.3) is 11.1 Å². The molecule has 4 rings (SSSR count). The average Bonchev–Trinajstić information content (AvgIpc) is 3.41. The summed E-state index contributed by atoms with van der Waals surface area (Å²) in [7, 11) is 0. The van der Waals surface area contributed by atoms with Gasteiger partial charge in [-0.05, 0) is 78.7 Å². The number of carbonyl (C=O) groups is 3. The third-order valence-corrected chi connectivity index (χ3v) is 5.79. The van der Waals surface area contributed by atoms with Crippen LogP contribution in [0, 0.1) is 13.8 Å². The number of amides is 2. The van der Waals surface area contributed by atoms with E-state index in [1.165, 1.54) is 17.2 Å². The van der Waals surface area contributed by atoms with Crippen molar-refractivity contribution in [2.24, 2.45) is 0 Å². The molecule has 1 fully saturated rings. The number of hydrogen-bond acceptors (Lipinski definition) is 7. The third kappa shape index (κ3) is 5.35. The molecule has 1 aliphatic heterocycles. The SMILES string of the molecule is Cc1ccc(C)c(OCCN2C(=O)S/C(=C\c3cccc(OC(=O)c4ccco4)c3)C2=O)c1. The molecular weight excluding hydrogens is 442 g/mol. The summed E-state index contributed by atoms with van der Waals surface area (Å²) >= 11 is 0.866. The lowest BCUT2D eigenvalue weighted by Crippen LogP contribution is -2.32. The van der Waals surface area contributed by atoms with Crippen molar-refractivity contribution in [1.82, 2.24) is 4.90 Å². The number of carbonyl (C=O) groups excluding carboxylic acids is 3. The van der Waals surface area contributed by atoms with E-state index >= 15 is 0 Å². The van der Waals surface area contributed by atoms with Gasteiger partial charge >= 0.3 is 5.97 Å². The minimum atomic E-state index is -0.624. The van der Waals surface area contributed by atoms with Crippen molar-refractivity contribution in [3.63, 3.8) is 0 Å². The molecule has 168 valence electrons. The molecule has 33 heavy (non-hydrogen) atoms. The van der Waals surface area contributed by atoms with Crippen LogP contribution in [0.3, 0.4) is 0 Å². The van der Waals surface area contributed by atoms with E-state index < -0.39 is 5.97 Å². The van der Waals surface area contributed by atoms with Crippen LogP contribution in [0.15, 0.2) is 70.2 Å². The minimum Gasteiger partial charge on any atom is -0.491 e. The molecule has 0 spiro atoms. The molecule has 0 saturated carbocycles. The van der Waals surface area contributed by atoms with E-state index in [1.54, 1.807) is 36.4 Å². The number of nitrogens with zero attached hydrogens (tertiary/aromatic N) is 1. The first-order valence-corrected chi connectivity index (χ1v) is 11.0. The van der Waals surface area contributed by atoms with Crippen molar-refractivity contribution in [3.8, 4) is 11.5 Å². The molecule has 7 nitrogen and oxygen atoms in total. The van der Waals surface area contributed by atoms with Gasteiger partial charge in [0.05, 0.1) is 17.7 Å². The highest BCUT2D eigenvalue weighted by atomic mass is 32.2. The first kappa shape index (κ1) is 22.4. The van der Waals surface area contributed by atoms with Gasteiger partial charge in [-0.2, -0.15) is 0 Å². The van der Waals surface area contributed by atoms with E-state index in [1.807, 2.05) is 32.0 Å². The normalized spacial score (nSPS) is 14.7. The number of benzene rings is 2. The summed E-state index contributed by atoms with van der Waals surface area (Å²) in [4.78, 5) is 38.7. The topological polar surface area (TPSA) is 86.0 Å². The number of rotatable bonds is 7. The molecule has 1 saturated heterocycles. The van der Waals surface area contributed by atoms with Gasteiger partial charge in [0.1, 0.15) is 18.1 Å². The highest BCUT2D eigenvalue weighted by Gasteiger charge is 2.34. The van der Waals surface area contributed by atoms with Crippen molar-refractivity contribution in [2.75, 3.05) is 13.2 Å². The Morgan fingerprint density at radius 2 is 1.94 bits per heavy atom. The third-order valence-electron chi connectivity index (χ3n) is 4.88. The molecule has 2 heterocycles. The number of ether oxygens (including phenoxy) is 2. The van der Waals surface area contributed by atoms with E-state index in [-0.39, 0.29) is 30.1 Å². The number of imide groups is 1. The Hall–Kier alpha value is -3.78. The van der Waals surface area contributed by atoms with E-state index in [4.69, 9.17) is 13.9 Å². The molecule has 0 N–H and O–H groups in total. The lowest BCUT2D eigenvalue weighted by Gasteiger charge is -2.14. The molecule has 2 amide bonds. The van der Waals surface area contributed by atoms with Gasteiger partial charge in [-0.1, -0.05) is 24.3 Å². The average molecular weight is 464 g/mol. The van der Waals surface area contributed by atoms with E-state index in [2.05, 4.69) is 0 Å². The van der Waals surface area contributed by atoms with Crippen LogP contribution in [0.2, 0.25) is 0 Å². The van der Waals surface area contributed by atoms with Crippen LogP contribution in [-0.2, 0) is 4.79 Å². The fraction of sp³-hybridized carbons (Fsp3) is 0.160. The summed E-state index contributed by atoms with van der Waals surface area (Å²) in [6.45, 7) is 4.27. The van der Waals surface area contributed by atoms with Gasteiger partial charge in [-0.3, -0.25) is 14.5 Å². The molecule has 0 radical (unpaired) electrons. The standard InChI is InChI=1S/C25H21NO6S/c1-16-8-9-17(2)21(13-16)31-12-10-26-23(27)22(33-25(26)29)15-18-5-3-6-19(14-18)32-24(28)20-7-4-11-30-20/h3-9,11,13-15H,10,12H2,1-2H3/b22-15-. The van der Waals surface area contributed by atoms with Crippen molar-refractivity contribution in [2.45, 2.75) is 13.8 Å². The fourth-order valence-electron chi connectivity index (χ4n) is 3.17. The zero-order chi connectivity index (χ0) is 23.4. The van der Waals surface area contributed by atoms with Gasteiger partial charge in [-0.15, -0.1) is 0 Å². The first-order chi connectivity index (χ1) is 15.9. The van der Waals surface area contributed by atoms with Gasteiger partial charge in [0.15, 0.2) is 0 Å². The number of thioether (sulfide) groups is 1. The summed E-state index contributed by atoms with van der Waals surface area (Å²) in [5.74, 6) is 0.114. The van der Waals surface area contributed by atoms with E-state index in [0.717, 1.165) is 28.6 Å². The van der Waals surface area contributed by atoms with Crippen LogP contribution in [0.25, 0.3) is 6.08 Å². The van der Waals surface area contributed by atoms with Gasteiger partial charge in [0.2, 0.25) is 5.76 Å². The highest BCUT2D eigenvalue weighted by molar-refractivity contribution is 8.18. The molecule has 3 aromatic rings. The molecule has 1 aliphatic rings. The Morgan fingerprint density at radius 3 is 2.73 bits per heavy atom. The lowest BCUT2D eigenvalue weighted by molar-refractivity contribution is -0.123. The lowest BCUT2D eigenvalue weighted by atomic mass is 10.1. The Kier molecular flexibility index (Phi) is 6.65. The molecule has 2 aromatic carbocycles. The second-order valence-corrected chi connectivity index (χ2v) is 8.38. The van der Waals surface area contributed by atoms with E-state index in [0.29, 0.717) is 16.2 Å². The summed E-state index contributed by atoms with van der Waals surface area (Å²) in [6, 6.07) is 15.7. The van der Waals surface area contributed by atoms with Crippen LogP contribution >= 0.6 is 11.8 Å². The van der Waals surface area contributed by atoms with Crippen LogP contribution in [0.1, 0.15) is 27.2 Å². The zero-order valence-corrected chi connectivity index (χ0v) is 18.9. The van der Waals surface area contributed by atoms with E-state index in [9.17, 15) is 14.4 Å².